The van der Waals surface area contributed by atoms with Crippen molar-refractivity contribution in [2.75, 3.05) is 30.4 Å². The molecule has 3 rings (SSSR count). The quantitative estimate of drug-likeness (QED) is 0.717. The first-order valence-electron chi connectivity index (χ1n) is 8.31. The van der Waals surface area contributed by atoms with E-state index in [0.717, 1.165) is 18.7 Å². The number of carbonyl (C=O) groups is 2. The summed E-state index contributed by atoms with van der Waals surface area (Å²) < 4.78 is 0. The van der Waals surface area contributed by atoms with Gasteiger partial charge in [-0.15, -0.1) is 0 Å². The van der Waals surface area contributed by atoms with E-state index in [1.807, 2.05) is 25.2 Å². The third-order valence-electron chi connectivity index (χ3n) is 4.40. The Labute approximate surface area is 156 Å². The minimum Gasteiger partial charge on any atom is -0.387 e. The van der Waals surface area contributed by atoms with Crippen LogP contribution in [0.5, 0.6) is 0 Å². The Balaban J connectivity index is 1.56. The van der Waals surface area contributed by atoms with Gasteiger partial charge in [0.25, 0.3) is 0 Å². The zero-order chi connectivity index (χ0) is 18.7. The van der Waals surface area contributed by atoms with Gasteiger partial charge in [0, 0.05) is 25.8 Å². The molecule has 136 valence electrons. The van der Waals surface area contributed by atoms with E-state index in [1.165, 1.54) is 5.56 Å². The third-order valence-corrected chi connectivity index (χ3v) is 4.73. The van der Waals surface area contributed by atoms with Crippen LogP contribution in [-0.2, 0) is 16.0 Å². The number of anilines is 2. The first kappa shape index (κ1) is 18.2. The summed E-state index contributed by atoms with van der Waals surface area (Å²) in [4.78, 5) is 26.0. The minimum atomic E-state index is -0.886. The third kappa shape index (κ3) is 3.98. The topological polar surface area (TPSA) is 81.7 Å². The molecule has 0 saturated heterocycles. The van der Waals surface area contributed by atoms with Crippen molar-refractivity contribution in [3.63, 3.8) is 0 Å². The number of amides is 2. The van der Waals surface area contributed by atoms with Crippen LogP contribution in [0.25, 0.3) is 0 Å². The van der Waals surface area contributed by atoms with Crippen molar-refractivity contribution in [2.24, 2.45) is 0 Å². The summed E-state index contributed by atoms with van der Waals surface area (Å²) in [6, 6.07) is 12.4. The molecule has 0 radical (unpaired) electrons. The number of fused-ring (bicyclic) bond motifs is 1. The molecule has 3 N–H and O–H groups in total. The van der Waals surface area contributed by atoms with Crippen LogP contribution < -0.4 is 15.5 Å². The molecule has 6 nitrogen and oxygen atoms in total. The monoisotopic (exact) mass is 373 g/mol. The summed E-state index contributed by atoms with van der Waals surface area (Å²) in [5, 5.41) is 15.5. The van der Waals surface area contributed by atoms with Crippen molar-refractivity contribution in [3.8, 4) is 0 Å². The highest BCUT2D eigenvalue weighted by atomic mass is 35.5. The van der Waals surface area contributed by atoms with Gasteiger partial charge in [-0.05, 0) is 35.7 Å². The Bertz CT molecular complexity index is 841. The second kappa shape index (κ2) is 7.76. The number of carbonyl (C=O) groups excluding carboxylic acids is 2. The highest BCUT2D eigenvalue weighted by Gasteiger charge is 2.20. The normalized spacial score (nSPS) is 13.9. The van der Waals surface area contributed by atoms with Gasteiger partial charge in [0.05, 0.1) is 16.8 Å². The van der Waals surface area contributed by atoms with Crippen molar-refractivity contribution < 1.29 is 14.7 Å². The zero-order valence-corrected chi connectivity index (χ0v) is 15.1. The lowest BCUT2D eigenvalue weighted by molar-refractivity contribution is -0.136. The SMILES string of the molecule is CN1CCc2cc(C(O)CNC(=O)C(=O)Nc3ccccc3Cl)ccc21. The van der Waals surface area contributed by atoms with E-state index < -0.39 is 17.9 Å². The largest absolute Gasteiger partial charge is 0.387 e. The molecule has 1 unspecified atom stereocenters. The Kier molecular flexibility index (Phi) is 5.44. The smallest absolute Gasteiger partial charge is 0.313 e. The predicted octanol–water partition coefficient (Wildman–Crippen LogP) is 2.12. The Morgan fingerprint density at radius 2 is 2.00 bits per heavy atom. The van der Waals surface area contributed by atoms with E-state index in [1.54, 1.807) is 24.3 Å². The second-order valence-corrected chi connectivity index (χ2v) is 6.63. The van der Waals surface area contributed by atoms with Gasteiger partial charge >= 0.3 is 11.8 Å². The number of para-hydroxylation sites is 1. The summed E-state index contributed by atoms with van der Waals surface area (Å²) in [6.07, 6.45) is 0.0437. The van der Waals surface area contributed by atoms with Crippen LogP contribution in [0.15, 0.2) is 42.5 Å². The average molecular weight is 374 g/mol. The lowest BCUT2D eigenvalue weighted by atomic mass is 10.0. The number of hydrogen-bond donors (Lipinski definition) is 3. The van der Waals surface area contributed by atoms with E-state index in [-0.39, 0.29) is 6.54 Å². The molecule has 0 saturated carbocycles. The minimum absolute atomic E-state index is 0.0522. The highest BCUT2D eigenvalue weighted by molar-refractivity contribution is 6.41. The van der Waals surface area contributed by atoms with Crippen LogP contribution in [0.2, 0.25) is 5.02 Å². The van der Waals surface area contributed by atoms with Crippen LogP contribution in [0.3, 0.4) is 0 Å². The average Bonchev–Trinajstić information content (AvgIpc) is 3.01. The molecule has 7 heteroatoms. The zero-order valence-electron chi connectivity index (χ0n) is 14.3. The van der Waals surface area contributed by atoms with Gasteiger partial charge in [-0.3, -0.25) is 9.59 Å². The maximum absolute atomic E-state index is 11.9. The van der Waals surface area contributed by atoms with Crippen molar-refractivity contribution >= 4 is 34.8 Å². The first-order chi connectivity index (χ1) is 12.5. The number of likely N-dealkylation sites (N-methyl/N-ethyl adjacent to an activating group) is 1. The van der Waals surface area contributed by atoms with Crippen molar-refractivity contribution in [2.45, 2.75) is 12.5 Å². The Morgan fingerprint density at radius 1 is 1.23 bits per heavy atom. The van der Waals surface area contributed by atoms with E-state index >= 15 is 0 Å². The summed E-state index contributed by atoms with van der Waals surface area (Å²) in [5.41, 5.74) is 3.40. The highest BCUT2D eigenvalue weighted by Crippen LogP contribution is 2.29. The number of nitrogens with one attached hydrogen (secondary N) is 2. The summed E-state index contributed by atoms with van der Waals surface area (Å²) >= 11 is 5.95. The summed E-state index contributed by atoms with van der Waals surface area (Å²) in [7, 11) is 2.03. The van der Waals surface area contributed by atoms with Gasteiger partial charge < -0.3 is 20.6 Å². The number of rotatable bonds is 4. The summed E-state index contributed by atoms with van der Waals surface area (Å²) in [5.74, 6) is -1.66. The number of benzene rings is 2. The Hall–Kier alpha value is -2.57. The van der Waals surface area contributed by atoms with Gasteiger partial charge in [-0.1, -0.05) is 35.9 Å². The molecule has 2 aromatic rings. The Morgan fingerprint density at radius 3 is 2.77 bits per heavy atom. The number of halogens is 1. The van der Waals surface area contributed by atoms with Gasteiger partial charge in [-0.2, -0.15) is 0 Å². The maximum Gasteiger partial charge on any atom is 0.313 e. The fraction of sp³-hybridized carbons (Fsp3) is 0.263. The van der Waals surface area contributed by atoms with E-state index in [9.17, 15) is 14.7 Å². The predicted molar refractivity (Wildman–Crippen MR) is 101 cm³/mol. The molecule has 1 atom stereocenters. The molecule has 1 aliphatic heterocycles. The van der Waals surface area contributed by atoms with Crippen LogP contribution in [-0.4, -0.2) is 37.1 Å². The lowest BCUT2D eigenvalue weighted by Gasteiger charge is -2.15. The van der Waals surface area contributed by atoms with Crippen molar-refractivity contribution in [1.29, 1.82) is 0 Å². The van der Waals surface area contributed by atoms with Crippen LogP contribution >= 0.6 is 11.6 Å². The van der Waals surface area contributed by atoms with E-state index in [2.05, 4.69) is 15.5 Å². The molecular weight excluding hydrogens is 354 g/mol. The standard InChI is InChI=1S/C19H20ClN3O3/c1-23-9-8-12-10-13(6-7-16(12)23)17(24)11-21-18(25)19(26)22-15-5-3-2-4-14(15)20/h2-7,10,17,24H,8-9,11H2,1H3,(H,21,25)(H,22,26). The fourth-order valence-corrected chi connectivity index (χ4v) is 3.11. The molecule has 0 fully saturated rings. The second-order valence-electron chi connectivity index (χ2n) is 6.22. The van der Waals surface area contributed by atoms with Gasteiger partial charge in [-0.25, -0.2) is 0 Å². The molecule has 2 aromatic carbocycles. The van der Waals surface area contributed by atoms with Gasteiger partial charge in [0.15, 0.2) is 0 Å². The van der Waals surface area contributed by atoms with Crippen LogP contribution in [0, 0.1) is 0 Å². The molecule has 0 aromatic heterocycles. The number of aliphatic hydroxyl groups excluding tert-OH is 1. The first-order valence-corrected chi connectivity index (χ1v) is 8.69. The van der Waals surface area contributed by atoms with Gasteiger partial charge in [0.2, 0.25) is 0 Å². The number of nitrogens with zero attached hydrogens (tertiary/aromatic N) is 1. The lowest BCUT2D eigenvalue weighted by Crippen LogP contribution is -2.37. The maximum atomic E-state index is 11.9. The van der Waals surface area contributed by atoms with Crippen LogP contribution in [0.1, 0.15) is 17.2 Å². The number of hydrogen-bond acceptors (Lipinski definition) is 4. The van der Waals surface area contributed by atoms with Crippen molar-refractivity contribution in [3.05, 3.63) is 58.6 Å². The van der Waals surface area contributed by atoms with E-state index in [4.69, 9.17) is 11.6 Å². The molecule has 26 heavy (non-hydrogen) atoms. The molecule has 0 spiro atoms. The molecule has 2 amide bonds. The molecular formula is C19H20ClN3O3. The van der Waals surface area contributed by atoms with Crippen LogP contribution in [0.4, 0.5) is 11.4 Å². The number of aliphatic hydroxyl groups is 1. The molecule has 0 bridgehead atoms. The molecule has 0 aliphatic carbocycles. The van der Waals surface area contributed by atoms with Gasteiger partial charge in [0.1, 0.15) is 0 Å². The van der Waals surface area contributed by atoms with Crippen molar-refractivity contribution in [1.82, 2.24) is 5.32 Å². The fourth-order valence-electron chi connectivity index (χ4n) is 2.92. The van der Waals surface area contributed by atoms with E-state index in [0.29, 0.717) is 16.3 Å². The molecule has 1 heterocycles. The molecule has 1 aliphatic rings. The summed E-state index contributed by atoms with van der Waals surface area (Å²) in [6.45, 7) is 0.900.